The average Bonchev–Trinajstić information content (AvgIpc) is 2.84. The van der Waals surface area contributed by atoms with Crippen LogP contribution in [0.25, 0.3) is 0 Å². The first-order valence-electron chi connectivity index (χ1n) is 10.7. The third-order valence-corrected chi connectivity index (χ3v) is 6.46. The highest BCUT2D eigenvalue weighted by Crippen LogP contribution is 2.35. The van der Waals surface area contributed by atoms with E-state index in [0.29, 0.717) is 31.5 Å². The van der Waals surface area contributed by atoms with E-state index in [1.165, 1.54) is 0 Å². The number of carbonyl (C=O) groups is 1. The molecule has 0 bridgehead atoms. The number of para-hydroxylation sites is 4. The van der Waals surface area contributed by atoms with Gasteiger partial charge in [-0.3, -0.25) is 4.79 Å². The van der Waals surface area contributed by atoms with Gasteiger partial charge in [0.2, 0.25) is 0 Å². The summed E-state index contributed by atoms with van der Waals surface area (Å²) in [6.07, 6.45) is 0.0666. The molecule has 0 saturated heterocycles. The molecule has 0 aliphatic rings. The highest BCUT2D eigenvalue weighted by molar-refractivity contribution is 6.39. The van der Waals surface area contributed by atoms with E-state index in [-0.39, 0.29) is 19.0 Å². The number of hydrogen-bond acceptors (Lipinski definition) is 4. The SMILES string of the molecule is O=C(Cc1ccccc1Nc1c(Cl)cccc1Cl)OCc1ccccc1Nc1c(Cl)cccc1Cl. The van der Waals surface area contributed by atoms with E-state index in [1.807, 2.05) is 48.5 Å². The van der Waals surface area contributed by atoms with Gasteiger partial charge in [-0.1, -0.05) is 94.9 Å². The minimum absolute atomic E-state index is 0.0666. The molecule has 4 aromatic carbocycles. The average molecular weight is 546 g/mol. The molecule has 178 valence electrons. The lowest BCUT2D eigenvalue weighted by atomic mass is 10.1. The lowest BCUT2D eigenvalue weighted by molar-refractivity contribution is -0.144. The summed E-state index contributed by atoms with van der Waals surface area (Å²) < 4.78 is 5.60. The molecule has 8 heteroatoms. The quantitative estimate of drug-likeness (QED) is 0.217. The molecule has 4 aromatic rings. The maximum atomic E-state index is 12.7. The Morgan fingerprint density at radius 3 is 1.54 bits per heavy atom. The number of hydrogen-bond donors (Lipinski definition) is 2. The van der Waals surface area contributed by atoms with Crippen molar-refractivity contribution in [3.8, 4) is 0 Å². The Hall–Kier alpha value is -2.89. The van der Waals surface area contributed by atoms with E-state index in [2.05, 4.69) is 10.6 Å². The molecule has 35 heavy (non-hydrogen) atoms. The summed E-state index contributed by atoms with van der Waals surface area (Å²) in [5.74, 6) is -0.380. The van der Waals surface area contributed by atoms with Crippen LogP contribution in [0.3, 0.4) is 0 Å². The number of ether oxygens (including phenoxy) is 1. The Morgan fingerprint density at radius 1 is 0.600 bits per heavy atom. The monoisotopic (exact) mass is 544 g/mol. The predicted molar refractivity (Wildman–Crippen MR) is 146 cm³/mol. The number of nitrogens with one attached hydrogen (secondary N) is 2. The molecule has 4 nitrogen and oxygen atoms in total. The van der Waals surface area contributed by atoms with Gasteiger partial charge in [0.05, 0.1) is 37.9 Å². The van der Waals surface area contributed by atoms with Gasteiger partial charge in [-0.05, 0) is 42.0 Å². The van der Waals surface area contributed by atoms with Crippen LogP contribution in [0, 0.1) is 0 Å². The zero-order valence-electron chi connectivity index (χ0n) is 18.3. The first-order valence-corrected chi connectivity index (χ1v) is 12.2. The van der Waals surface area contributed by atoms with Crippen molar-refractivity contribution in [3.63, 3.8) is 0 Å². The summed E-state index contributed by atoms with van der Waals surface area (Å²) in [6.45, 7) is 0.0794. The lowest BCUT2D eigenvalue weighted by Gasteiger charge is -2.16. The molecule has 0 saturated carbocycles. The highest BCUT2D eigenvalue weighted by atomic mass is 35.5. The zero-order chi connectivity index (χ0) is 24.8. The maximum Gasteiger partial charge on any atom is 0.310 e. The largest absolute Gasteiger partial charge is 0.460 e. The first-order chi connectivity index (χ1) is 16.9. The van der Waals surface area contributed by atoms with E-state index in [1.54, 1.807) is 36.4 Å². The van der Waals surface area contributed by atoms with E-state index >= 15 is 0 Å². The molecule has 0 atom stereocenters. The Balaban J connectivity index is 1.45. The highest BCUT2D eigenvalue weighted by Gasteiger charge is 2.14. The molecular formula is C27H20Cl4N2O2. The molecule has 0 heterocycles. The van der Waals surface area contributed by atoms with Gasteiger partial charge in [-0.2, -0.15) is 0 Å². The van der Waals surface area contributed by atoms with Crippen LogP contribution in [0.2, 0.25) is 20.1 Å². The number of esters is 1. The van der Waals surface area contributed by atoms with Crippen LogP contribution < -0.4 is 10.6 Å². The summed E-state index contributed by atoms with van der Waals surface area (Å²) in [4.78, 5) is 12.7. The molecule has 0 unspecified atom stereocenters. The second-order valence-electron chi connectivity index (χ2n) is 7.60. The number of carbonyl (C=O) groups excluding carboxylic acids is 1. The fourth-order valence-corrected chi connectivity index (χ4v) is 4.42. The lowest BCUT2D eigenvalue weighted by Crippen LogP contribution is -2.10. The maximum absolute atomic E-state index is 12.7. The molecule has 0 aliphatic heterocycles. The van der Waals surface area contributed by atoms with Crippen LogP contribution in [0.4, 0.5) is 22.7 Å². The first kappa shape index (κ1) is 25.2. The second kappa shape index (κ2) is 11.7. The van der Waals surface area contributed by atoms with Crippen LogP contribution in [0.5, 0.6) is 0 Å². The van der Waals surface area contributed by atoms with Crippen molar-refractivity contribution in [2.45, 2.75) is 13.0 Å². The second-order valence-corrected chi connectivity index (χ2v) is 9.22. The predicted octanol–water partition coefficient (Wildman–Crippen LogP) is 9.07. The van der Waals surface area contributed by atoms with Gasteiger partial charge in [0.15, 0.2) is 0 Å². The van der Waals surface area contributed by atoms with Crippen molar-refractivity contribution in [1.82, 2.24) is 0 Å². The molecule has 0 radical (unpaired) electrons. The number of anilines is 4. The van der Waals surface area contributed by atoms with Crippen molar-refractivity contribution in [2.75, 3.05) is 10.6 Å². The molecule has 0 spiro atoms. The normalized spacial score (nSPS) is 10.6. The van der Waals surface area contributed by atoms with Gasteiger partial charge in [0.1, 0.15) is 6.61 Å². The van der Waals surface area contributed by atoms with Crippen molar-refractivity contribution in [3.05, 3.63) is 116 Å². The Bertz CT molecular complexity index is 1320. The third-order valence-electron chi connectivity index (χ3n) is 5.20. The molecule has 0 fully saturated rings. The van der Waals surface area contributed by atoms with Crippen LogP contribution in [0.1, 0.15) is 11.1 Å². The van der Waals surface area contributed by atoms with Crippen LogP contribution >= 0.6 is 46.4 Å². The Kier molecular flexibility index (Phi) is 8.42. The number of benzene rings is 4. The van der Waals surface area contributed by atoms with E-state index in [0.717, 1.165) is 22.5 Å². The molecular weight excluding hydrogens is 526 g/mol. The minimum atomic E-state index is -0.380. The topological polar surface area (TPSA) is 50.4 Å². The smallest absolute Gasteiger partial charge is 0.310 e. The fourth-order valence-electron chi connectivity index (χ4n) is 3.43. The molecule has 2 N–H and O–H groups in total. The van der Waals surface area contributed by atoms with Crippen molar-refractivity contribution in [2.24, 2.45) is 0 Å². The Labute approximate surface area is 223 Å². The Morgan fingerprint density at radius 2 is 1.03 bits per heavy atom. The van der Waals surface area contributed by atoms with E-state index in [4.69, 9.17) is 51.1 Å². The van der Waals surface area contributed by atoms with E-state index in [9.17, 15) is 4.79 Å². The number of halogens is 4. The summed E-state index contributed by atoms with van der Waals surface area (Å²) in [7, 11) is 0. The summed E-state index contributed by atoms with van der Waals surface area (Å²) in [5.41, 5.74) is 4.16. The van der Waals surface area contributed by atoms with Crippen molar-refractivity contribution in [1.29, 1.82) is 0 Å². The molecule has 0 aromatic heterocycles. The van der Waals surface area contributed by atoms with Gasteiger partial charge < -0.3 is 15.4 Å². The standard InChI is InChI=1S/C27H20Cl4N2O2/c28-19-9-5-10-20(29)26(19)32-23-13-3-1-7-17(23)15-25(34)35-16-18-8-2-4-14-24(18)33-27-21(30)11-6-12-22(27)31/h1-14,32-33H,15-16H2. The van der Waals surface area contributed by atoms with Gasteiger partial charge in [-0.15, -0.1) is 0 Å². The summed E-state index contributed by atoms with van der Waals surface area (Å²) >= 11 is 25.1. The van der Waals surface area contributed by atoms with Gasteiger partial charge in [0.25, 0.3) is 0 Å². The summed E-state index contributed by atoms with van der Waals surface area (Å²) in [5, 5.41) is 8.42. The zero-order valence-corrected chi connectivity index (χ0v) is 21.3. The van der Waals surface area contributed by atoms with Gasteiger partial charge in [0, 0.05) is 16.9 Å². The van der Waals surface area contributed by atoms with Gasteiger partial charge in [-0.25, -0.2) is 0 Å². The van der Waals surface area contributed by atoms with E-state index < -0.39 is 0 Å². The van der Waals surface area contributed by atoms with Crippen LogP contribution in [-0.4, -0.2) is 5.97 Å². The van der Waals surface area contributed by atoms with Crippen LogP contribution in [0.15, 0.2) is 84.9 Å². The minimum Gasteiger partial charge on any atom is -0.460 e. The van der Waals surface area contributed by atoms with Crippen molar-refractivity contribution < 1.29 is 9.53 Å². The van der Waals surface area contributed by atoms with Crippen molar-refractivity contribution >= 4 is 75.1 Å². The fraction of sp³-hybridized carbons (Fsp3) is 0.0741. The molecule has 4 rings (SSSR count). The number of rotatable bonds is 8. The molecule has 0 amide bonds. The molecule has 0 aliphatic carbocycles. The summed E-state index contributed by atoms with van der Waals surface area (Å²) in [6, 6.07) is 25.4. The third kappa shape index (κ3) is 6.41. The van der Waals surface area contributed by atoms with Crippen LogP contribution in [-0.2, 0) is 22.6 Å². The van der Waals surface area contributed by atoms with Gasteiger partial charge >= 0.3 is 5.97 Å².